The molecule has 0 radical (unpaired) electrons. The standard InChI is InChI=1S/C7H10F2N2O/c1-7(8,9)6(11-10)5-2-3-12-4-5/h2-4,6,11H,10H2,1H3. The highest BCUT2D eigenvalue weighted by Crippen LogP contribution is 2.29. The van der Waals surface area contributed by atoms with Gasteiger partial charge in [0.05, 0.1) is 12.5 Å². The van der Waals surface area contributed by atoms with Crippen LogP contribution < -0.4 is 11.3 Å². The maximum Gasteiger partial charge on any atom is 0.265 e. The predicted octanol–water partition coefficient (Wildman–Crippen LogP) is 1.44. The molecule has 68 valence electrons. The monoisotopic (exact) mass is 176 g/mol. The minimum Gasteiger partial charge on any atom is -0.472 e. The molecule has 1 unspecified atom stereocenters. The third kappa shape index (κ3) is 1.80. The van der Waals surface area contributed by atoms with Gasteiger partial charge < -0.3 is 4.42 Å². The van der Waals surface area contributed by atoms with Crippen LogP contribution in [-0.4, -0.2) is 5.92 Å². The summed E-state index contributed by atoms with van der Waals surface area (Å²) in [5.74, 6) is 2.07. The lowest BCUT2D eigenvalue weighted by Crippen LogP contribution is -2.38. The molecule has 0 aromatic carbocycles. The zero-order valence-electron chi connectivity index (χ0n) is 6.55. The number of nitrogens with two attached hydrogens (primary N) is 1. The summed E-state index contributed by atoms with van der Waals surface area (Å²) < 4.78 is 30.2. The Labute approximate surface area is 68.5 Å². The quantitative estimate of drug-likeness (QED) is 0.541. The van der Waals surface area contributed by atoms with Gasteiger partial charge in [-0.3, -0.25) is 5.84 Å². The number of furan rings is 1. The summed E-state index contributed by atoms with van der Waals surface area (Å²) in [6.45, 7) is 0.796. The molecular formula is C7H10F2N2O. The van der Waals surface area contributed by atoms with Gasteiger partial charge >= 0.3 is 0 Å². The van der Waals surface area contributed by atoms with Crippen molar-refractivity contribution in [2.75, 3.05) is 0 Å². The second kappa shape index (κ2) is 3.20. The molecule has 3 nitrogen and oxygen atoms in total. The van der Waals surface area contributed by atoms with Gasteiger partial charge in [-0.15, -0.1) is 0 Å². The molecule has 1 aromatic rings. The van der Waals surface area contributed by atoms with Crippen molar-refractivity contribution in [3.05, 3.63) is 24.2 Å². The Balaban J connectivity index is 2.84. The summed E-state index contributed by atoms with van der Waals surface area (Å²) in [5, 5.41) is 0. The van der Waals surface area contributed by atoms with Crippen LogP contribution in [0.1, 0.15) is 18.5 Å². The molecule has 0 amide bonds. The summed E-state index contributed by atoms with van der Waals surface area (Å²) in [5.41, 5.74) is 2.37. The minimum atomic E-state index is -2.90. The Morgan fingerprint density at radius 1 is 1.67 bits per heavy atom. The maximum absolute atomic E-state index is 12.8. The van der Waals surface area contributed by atoms with E-state index >= 15 is 0 Å². The van der Waals surface area contributed by atoms with Crippen LogP contribution in [-0.2, 0) is 0 Å². The van der Waals surface area contributed by atoms with Gasteiger partial charge in [-0.25, -0.2) is 14.2 Å². The van der Waals surface area contributed by atoms with E-state index in [1.54, 1.807) is 0 Å². The fraction of sp³-hybridized carbons (Fsp3) is 0.429. The smallest absolute Gasteiger partial charge is 0.265 e. The van der Waals surface area contributed by atoms with Gasteiger partial charge in [-0.2, -0.15) is 0 Å². The fourth-order valence-corrected chi connectivity index (χ4v) is 0.974. The molecule has 0 aliphatic heterocycles. The van der Waals surface area contributed by atoms with Gasteiger partial charge in [0.1, 0.15) is 6.04 Å². The van der Waals surface area contributed by atoms with Crippen molar-refractivity contribution in [1.82, 2.24) is 5.43 Å². The van der Waals surface area contributed by atoms with Crippen molar-refractivity contribution in [1.29, 1.82) is 0 Å². The van der Waals surface area contributed by atoms with Crippen molar-refractivity contribution < 1.29 is 13.2 Å². The molecule has 0 saturated carbocycles. The first-order chi connectivity index (χ1) is 5.55. The first-order valence-corrected chi connectivity index (χ1v) is 3.41. The third-order valence-electron chi connectivity index (χ3n) is 1.55. The van der Waals surface area contributed by atoms with Crippen molar-refractivity contribution >= 4 is 0 Å². The highest BCUT2D eigenvalue weighted by atomic mass is 19.3. The Hall–Kier alpha value is -0.940. The van der Waals surface area contributed by atoms with Gasteiger partial charge in [0.25, 0.3) is 5.92 Å². The fourth-order valence-electron chi connectivity index (χ4n) is 0.974. The van der Waals surface area contributed by atoms with Gasteiger partial charge in [0, 0.05) is 12.5 Å². The maximum atomic E-state index is 12.8. The average molecular weight is 176 g/mol. The van der Waals surface area contributed by atoms with E-state index in [-0.39, 0.29) is 0 Å². The van der Waals surface area contributed by atoms with E-state index in [9.17, 15) is 8.78 Å². The highest BCUT2D eigenvalue weighted by Gasteiger charge is 2.35. The Morgan fingerprint density at radius 3 is 2.67 bits per heavy atom. The van der Waals surface area contributed by atoms with Crippen LogP contribution in [0.4, 0.5) is 8.78 Å². The second-order valence-electron chi connectivity index (χ2n) is 2.61. The molecule has 0 aliphatic rings. The van der Waals surface area contributed by atoms with Gasteiger partial charge in [-0.1, -0.05) is 0 Å². The lowest BCUT2D eigenvalue weighted by atomic mass is 10.1. The van der Waals surface area contributed by atoms with Crippen molar-refractivity contribution in [2.24, 2.45) is 5.84 Å². The Kier molecular flexibility index (Phi) is 2.44. The van der Waals surface area contributed by atoms with Crippen LogP contribution in [0.5, 0.6) is 0 Å². The van der Waals surface area contributed by atoms with E-state index in [2.05, 4.69) is 4.42 Å². The zero-order valence-corrected chi connectivity index (χ0v) is 6.55. The average Bonchev–Trinajstić information content (AvgIpc) is 2.38. The molecule has 0 aliphatic carbocycles. The van der Waals surface area contributed by atoms with Crippen LogP contribution in [0, 0.1) is 0 Å². The molecule has 0 saturated heterocycles. The van der Waals surface area contributed by atoms with Crippen molar-refractivity contribution in [3.8, 4) is 0 Å². The molecule has 0 spiro atoms. The molecule has 1 atom stereocenters. The lowest BCUT2D eigenvalue weighted by Gasteiger charge is -2.20. The van der Waals surface area contributed by atoms with E-state index in [1.807, 2.05) is 5.43 Å². The summed E-state index contributed by atoms with van der Waals surface area (Å²) >= 11 is 0. The molecule has 3 N–H and O–H groups in total. The molecule has 1 heterocycles. The molecular weight excluding hydrogens is 166 g/mol. The number of hydrazine groups is 1. The van der Waals surface area contributed by atoms with Crippen LogP contribution in [0.3, 0.4) is 0 Å². The summed E-state index contributed by atoms with van der Waals surface area (Å²) in [6, 6.07) is 0.248. The summed E-state index contributed by atoms with van der Waals surface area (Å²) in [6.07, 6.45) is 2.56. The van der Waals surface area contributed by atoms with Crippen molar-refractivity contribution in [2.45, 2.75) is 18.9 Å². The minimum absolute atomic E-state index is 0.338. The van der Waals surface area contributed by atoms with E-state index < -0.39 is 12.0 Å². The molecule has 12 heavy (non-hydrogen) atoms. The van der Waals surface area contributed by atoms with Crippen LogP contribution in [0.15, 0.2) is 23.0 Å². The topological polar surface area (TPSA) is 51.2 Å². The number of halogens is 2. The largest absolute Gasteiger partial charge is 0.472 e. The van der Waals surface area contributed by atoms with Gasteiger partial charge in [-0.05, 0) is 6.07 Å². The number of hydrogen-bond donors (Lipinski definition) is 2. The first kappa shape index (κ1) is 9.15. The summed E-state index contributed by atoms with van der Waals surface area (Å²) in [4.78, 5) is 0. The van der Waals surface area contributed by atoms with Gasteiger partial charge in [0.2, 0.25) is 0 Å². The van der Waals surface area contributed by atoms with E-state index in [1.165, 1.54) is 18.6 Å². The third-order valence-corrected chi connectivity index (χ3v) is 1.55. The highest BCUT2D eigenvalue weighted by molar-refractivity contribution is 5.14. The van der Waals surface area contributed by atoms with Crippen LogP contribution in [0.2, 0.25) is 0 Å². The molecule has 0 fully saturated rings. The van der Waals surface area contributed by atoms with Crippen LogP contribution in [0.25, 0.3) is 0 Å². The number of nitrogens with one attached hydrogen (secondary N) is 1. The Morgan fingerprint density at radius 2 is 2.33 bits per heavy atom. The summed E-state index contributed by atoms with van der Waals surface area (Å²) in [7, 11) is 0. The van der Waals surface area contributed by atoms with E-state index in [0.29, 0.717) is 5.56 Å². The SMILES string of the molecule is CC(F)(F)C(NN)c1ccoc1. The second-order valence-corrected chi connectivity index (χ2v) is 2.61. The molecule has 1 rings (SSSR count). The Bertz CT molecular complexity index is 230. The number of alkyl halides is 2. The van der Waals surface area contributed by atoms with Crippen molar-refractivity contribution in [3.63, 3.8) is 0 Å². The molecule has 5 heteroatoms. The van der Waals surface area contributed by atoms with Crippen LogP contribution >= 0.6 is 0 Å². The van der Waals surface area contributed by atoms with E-state index in [4.69, 9.17) is 5.84 Å². The molecule has 1 aromatic heterocycles. The number of hydrogen-bond acceptors (Lipinski definition) is 3. The predicted molar refractivity (Wildman–Crippen MR) is 39.4 cm³/mol. The zero-order chi connectivity index (χ0) is 9.19. The van der Waals surface area contributed by atoms with E-state index in [0.717, 1.165) is 6.92 Å². The molecule has 0 bridgehead atoms. The first-order valence-electron chi connectivity index (χ1n) is 3.41. The normalized spacial score (nSPS) is 14.7. The number of rotatable bonds is 3. The van der Waals surface area contributed by atoms with Gasteiger partial charge in [0.15, 0.2) is 0 Å². The lowest BCUT2D eigenvalue weighted by molar-refractivity contribution is -0.0196.